The molecule has 0 unspecified atom stereocenters. The normalized spacial score (nSPS) is 10.8. The van der Waals surface area contributed by atoms with E-state index in [0.717, 1.165) is 18.6 Å². The predicted molar refractivity (Wildman–Crippen MR) is 77.0 cm³/mol. The smallest absolute Gasteiger partial charge is 0.287 e. The number of nitrogens with zero attached hydrogens (tertiary/aromatic N) is 3. The van der Waals surface area contributed by atoms with Crippen molar-refractivity contribution < 1.29 is 4.42 Å². The number of nitrogens with one attached hydrogen (secondary N) is 1. The number of halogens is 1. The van der Waals surface area contributed by atoms with E-state index >= 15 is 0 Å². The number of oxazole rings is 1. The van der Waals surface area contributed by atoms with Crippen LogP contribution in [0.25, 0.3) is 0 Å². The first kappa shape index (κ1) is 14.6. The van der Waals surface area contributed by atoms with Crippen LogP contribution in [0, 0.1) is 0 Å². The van der Waals surface area contributed by atoms with Gasteiger partial charge in [0.05, 0.1) is 24.6 Å². The lowest BCUT2D eigenvalue weighted by Gasteiger charge is -2.08. The van der Waals surface area contributed by atoms with Crippen LogP contribution >= 0.6 is 11.6 Å². The third kappa shape index (κ3) is 3.19. The molecule has 0 spiro atoms. The van der Waals surface area contributed by atoms with Crippen molar-refractivity contribution in [1.82, 2.24) is 14.8 Å². The van der Waals surface area contributed by atoms with Gasteiger partial charge in [0, 0.05) is 13.0 Å². The highest BCUT2D eigenvalue weighted by molar-refractivity contribution is 6.32. The molecule has 0 saturated carbocycles. The highest BCUT2D eigenvalue weighted by atomic mass is 35.5. The van der Waals surface area contributed by atoms with Gasteiger partial charge in [-0.05, 0) is 6.42 Å². The first-order valence-corrected chi connectivity index (χ1v) is 6.96. The summed E-state index contributed by atoms with van der Waals surface area (Å²) in [4.78, 5) is 16.1. The Morgan fingerprint density at radius 3 is 2.85 bits per heavy atom. The molecule has 7 heteroatoms. The average Bonchev–Trinajstić information content (AvgIpc) is 2.91. The molecule has 20 heavy (non-hydrogen) atoms. The van der Waals surface area contributed by atoms with Crippen LogP contribution in [0.2, 0.25) is 5.02 Å². The Labute approximate surface area is 121 Å². The third-order valence-electron chi connectivity index (χ3n) is 2.80. The topological polar surface area (TPSA) is 73.0 Å². The van der Waals surface area contributed by atoms with E-state index in [1.807, 2.05) is 13.8 Å². The second-order valence-corrected chi connectivity index (χ2v) is 4.71. The van der Waals surface area contributed by atoms with Gasteiger partial charge >= 0.3 is 0 Å². The lowest BCUT2D eigenvalue weighted by atomic mass is 10.4. The molecule has 2 aromatic heterocycles. The van der Waals surface area contributed by atoms with Gasteiger partial charge in [0.1, 0.15) is 10.8 Å². The van der Waals surface area contributed by atoms with Crippen molar-refractivity contribution in [3.8, 4) is 0 Å². The number of anilines is 1. The summed E-state index contributed by atoms with van der Waals surface area (Å²) < 4.78 is 6.82. The lowest BCUT2D eigenvalue weighted by molar-refractivity contribution is 0.465. The monoisotopic (exact) mass is 296 g/mol. The molecule has 2 aromatic rings. The van der Waals surface area contributed by atoms with E-state index in [2.05, 4.69) is 15.4 Å². The van der Waals surface area contributed by atoms with Crippen molar-refractivity contribution >= 4 is 17.3 Å². The zero-order valence-corrected chi connectivity index (χ0v) is 12.3. The van der Waals surface area contributed by atoms with Crippen LogP contribution in [-0.4, -0.2) is 14.8 Å². The maximum Gasteiger partial charge on any atom is 0.287 e. The van der Waals surface area contributed by atoms with Gasteiger partial charge in [-0.15, -0.1) is 0 Å². The molecule has 108 valence electrons. The van der Waals surface area contributed by atoms with Gasteiger partial charge in [-0.3, -0.25) is 4.79 Å². The fraction of sp³-hybridized carbons (Fsp3) is 0.462. The first-order valence-electron chi connectivity index (χ1n) is 6.58. The molecule has 0 bridgehead atoms. The highest BCUT2D eigenvalue weighted by Crippen LogP contribution is 2.16. The highest BCUT2D eigenvalue weighted by Gasteiger charge is 2.10. The summed E-state index contributed by atoms with van der Waals surface area (Å²) in [7, 11) is 0. The maximum absolute atomic E-state index is 11.9. The van der Waals surface area contributed by atoms with Crippen LogP contribution in [0.4, 0.5) is 5.69 Å². The second kappa shape index (κ2) is 6.56. The molecule has 0 aliphatic carbocycles. The van der Waals surface area contributed by atoms with Crippen LogP contribution in [0.1, 0.15) is 31.9 Å². The summed E-state index contributed by atoms with van der Waals surface area (Å²) in [6.07, 6.45) is 4.85. The van der Waals surface area contributed by atoms with Crippen LogP contribution in [0.15, 0.2) is 21.6 Å². The van der Waals surface area contributed by atoms with E-state index in [9.17, 15) is 4.79 Å². The van der Waals surface area contributed by atoms with Crippen molar-refractivity contribution in [2.24, 2.45) is 0 Å². The zero-order valence-electron chi connectivity index (χ0n) is 11.5. The maximum atomic E-state index is 11.9. The van der Waals surface area contributed by atoms with Crippen LogP contribution < -0.4 is 10.9 Å². The van der Waals surface area contributed by atoms with Gasteiger partial charge in [0.2, 0.25) is 5.89 Å². The van der Waals surface area contributed by atoms with Crippen molar-refractivity contribution in [2.75, 3.05) is 5.32 Å². The molecule has 0 fully saturated rings. The average molecular weight is 297 g/mol. The van der Waals surface area contributed by atoms with Crippen LogP contribution in [0.3, 0.4) is 0 Å². The Bertz CT molecular complexity index is 636. The van der Waals surface area contributed by atoms with Gasteiger partial charge in [-0.25, -0.2) is 9.67 Å². The quantitative estimate of drug-likeness (QED) is 0.886. The van der Waals surface area contributed by atoms with Crippen molar-refractivity contribution in [1.29, 1.82) is 0 Å². The SMILES string of the molecule is CCCn1ncc(NCc2ncc(CC)o2)c(Cl)c1=O. The molecular formula is C13H17ClN4O2. The standard InChI is InChI=1S/C13H17ClN4O2/c1-3-5-18-13(19)12(14)10(7-17-18)15-8-11-16-6-9(4-2)20-11/h6-7,15H,3-5,8H2,1-2H3. The Morgan fingerprint density at radius 1 is 1.40 bits per heavy atom. The molecule has 1 N–H and O–H groups in total. The zero-order chi connectivity index (χ0) is 14.5. The number of aromatic nitrogens is 3. The summed E-state index contributed by atoms with van der Waals surface area (Å²) in [6, 6.07) is 0. The molecule has 0 aromatic carbocycles. The number of hydrogen-bond donors (Lipinski definition) is 1. The fourth-order valence-electron chi connectivity index (χ4n) is 1.72. The molecule has 0 amide bonds. The summed E-state index contributed by atoms with van der Waals surface area (Å²) in [5, 5.41) is 7.22. The molecule has 6 nitrogen and oxygen atoms in total. The molecule has 0 aliphatic rings. The van der Waals surface area contributed by atoms with Crippen molar-refractivity contribution in [3.63, 3.8) is 0 Å². The molecule has 2 rings (SSSR count). The predicted octanol–water partition coefficient (Wildman–Crippen LogP) is 2.47. The van der Waals surface area contributed by atoms with Gasteiger partial charge < -0.3 is 9.73 Å². The minimum absolute atomic E-state index is 0.135. The van der Waals surface area contributed by atoms with E-state index in [1.165, 1.54) is 4.68 Å². The lowest BCUT2D eigenvalue weighted by Crippen LogP contribution is -2.24. The third-order valence-corrected chi connectivity index (χ3v) is 3.17. The Kier molecular flexibility index (Phi) is 4.79. The molecule has 0 atom stereocenters. The molecule has 0 aliphatic heterocycles. The summed E-state index contributed by atoms with van der Waals surface area (Å²) in [5.74, 6) is 1.38. The van der Waals surface area contributed by atoms with Crippen LogP contribution in [0.5, 0.6) is 0 Å². The van der Waals surface area contributed by atoms with Crippen molar-refractivity contribution in [3.05, 3.63) is 39.4 Å². The molecule has 0 radical (unpaired) electrons. The molecular weight excluding hydrogens is 280 g/mol. The molecule has 0 saturated heterocycles. The Balaban J connectivity index is 2.10. The summed E-state index contributed by atoms with van der Waals surface area (Å²) >= 11 is 6.05. The van der Waals surface area contributed by atoms with E-state index < -0.39 is 0 Å². The summed E-state index contributed by atoms with van der Waals surface area (Å²) in [6.45, 7) is 4.88. The molecule has 2 heterocycles. The minimum Gasteiger partial charge on any atom is -0.444 e. The number of rotatable bonds is 6. The first-order chi connectivity index (χ1) is 9.65. The van der Waals surface area contributed by atoms with Gasteiger partial charge in [0.25, 0.3) is 5.56 Å². The Morgan fingerprint density at radius 2 is 2.20 bits per heavy atom. The van der Waals surface area contributed by atoms with Crippen molar-refractivity contribution in [2.45, 2.75) is 39.8 Å². The van der Waals surface area contributed by atoms with E-state index in [0.29, 0.717) is 24.7 Å². The minimum atomic E-state index is -0.292. The number of hydrogen-bond acceptors (Lipinski definition) is 5. The van der Waals surface area contributed by atoms with Crippen LogP contribution in [-0.2, 0) is 19.5 Å². The largest absolute Gasteiger partial charge is 0.444 e. The second-order valence-electron chi connectivity index (χ2n) is 4.33. The van der Waals surface area contributed by atoms with E-state index in [4.69, 9.17) is 16.0 Å². The number of aryl methyl sites for hydroxylation is 2. The summed E-state index contributed by atoms with van der Waals surface area (Å²) in [5.41, 5.74) is 0.195. The Hall–Kier alpha value is -1.82. The van der Waals surface area contributed by atoms with Gasteiger partial charge in [-0.2, -0.15) is 5.10 Å². The van der Waals surface area contributed by atoms with Gasteiger partial charge in [0.15, 0.2) is 0 Å². The fourth-order valence-corrected chi connectivity index (χ4v) is 1.94. The van der Waals surface area contributed by atoms with E-state index in [-0.39, 0.29) is 10.6 Å². The van der Waals surface area contributed by atoms with Gasteiger partial charge in [-0.1, -0.05) is 25.4 Å². The van der Waals surface area contributed by atoms with E-state index in [1.54, 1.807) is 12.4 Å².